The van der Waals surface area contributed by atoms with Crippen LogP contribution in [-0.4, -0.2) is 20.6 Å². The molecule has 1 aromatic heterocycles. The van der Waals surface area contributed by atoms with Gasteiger partial charge in [0.15, 0.2) is 15.8 Å². The molecule has 0 saturated carbocycles. The minimum absolute atomic E-state index is 0. The summed E-state index contributed by atoms with van der Waals surface area (Å²) in [6.45, 7) is 4.39. The van der Waals surface area contributed by atoms with Crippen molar-refractivity contribution < 1.29 is 8.42 Å². The second kappa shape index (κ2) is 8.11. The van der Waals surface area contributed by atoms with Crippen LogP contribution in [0.1, 0.15) is 16.0 Å². The Labute approximate surface area is 158 Å². The third-order valence-electron chi connectivity index (χ3n) is 2.90. The molecule has 0 amide bonds. The number of nitrogens with one attached hydrogen (secondary N) is 1. The largest absolute Gasteiger partial charge is 0.370 e. The van der Waals surface area contributed by atoms with Crippen LogP contribution in [0, 0.1) is 13.8 Å². The van der Waals surface area contributed by atoms with Crippen molar-refractivity contribution >= 4 is 56.8 Å². The van der Waals surface area contributed by atoms with Gasteiger partial charge in [-0.2, -0.15) is 0 Å². The van der Waals surface area contributed by atoms with Crippen LogP contribution in [0.2, 0.25) is 0 Å². The SMILES string of the molecule is Cc1cc(C)cc(NC(N)=NCc2ccc(S(C)(=O)=O)s2)c1.I. The summed E-state index contributed by atoms with van der Waals surface area (Å²) in [5, 5.41) is 3.04. The van der Waals surface area contributed by atoms with E-state index in [-0.39, 0.29) is 24.0 Å². The molecule has 0 fully saturated rings. The molecule has 0 radical (unpaired) electrons. The fourth-order valence-electron chi connectivity index (χ4n) is 2.04. The highest BCUT2D eigenvalue weighted by molar-refractivity contribution is 14.0. The van der Waals surface area contributed by atoms with Gasteiger partial charge in [0.05, 0.1) is 6.54 Å². The standard InChI is InChI=1S/C15H19N3O2S2.HI/c1-10-6-11(2)8-12(7-10)18-15(16)17-9-13-4-5-14(21-13)22(3,19)20;/h4-8H,9H2,1-3H3,(H3,16,17,18);1H. The second-order valence-electron chi connectivity index (χ2n) is 5.20. The maximum absolute atomic E-state index is 11.4. The molecule has 23 heavy (non-hydrogen) atoms. The van der Waals surface area contributed by atoms with Crippen molar-refractivity contribution in [3.8, 4) is 0 Å². The molecular formula is C15H20IN3O2S2. The molecule has 2 aromatic rings. The van der Waals surface area contributed by atoms with E-state index in [2.05, 4.69) is 16.4 Å². The molecule has 2 rings (SSSR count). The molecular weight excluding hydrogens is 445 g/mol. The second-order valence-corrected chi connectivity index (χ2v) is 8.61. The molecule has 126 valence electrons. The Morgan fingerprint density at radius 3 is 2.35 bits per heavy atom. The zero-order valence-electron chi connectivity index (χ0n) is 13.2. The van der Waals surface area contributed by atoms with Crippen molar-refractivity contribution in [3.63, 3.8) is 0 Å². The molecule has 0 aliphatic carbocycles. The Morgan fingerprint density at radius 1 is 1.22 bits per heavy atom. The minimum Gasteiger partial charge on any atom is -0.370 e. The van der Waals surface area contributed by atoms with Gasteiger partial charge in [-0.3, -0.25) is 0 Å². The van der Waals surface area contributed by atoms with Crippen LogP contribution in [0.15, 0.2) is 39.5 Å². The summed E-state index contributed by atoms with van der Waals surface area (Å²) in [5.41, 5.74) is 9.05. The molecule has 1 aromatic carbocycles. The summed E-state index contributed by atoms with van der Waals surface area (Å²) >= 11 is 1.21. The van der Waals surface area contributed by atoms with Crippen LogP contribution >= 0.6 is 35.3 Å². The number of aliphatic imine (C=N–C) groups is 1. The lowest BCUT2D eigenvalue weighted by Crippen LogP contribution is -2.22. The van der Waals surface area contributed by atoms with Gasteiger partial charge in [-0.1, -0.05) is 6.07 Å². The number of nitrogens with zero attached hydrogens (tertiary/aromatic N) is 1. The molecule has 8 heteroatoms. The van der Waals surface area contributed by atoms with Crippen molar-refractivity contribution in [1.82, 2.24) is 0 Å². The lowest BCUT2D eigenvalue weighted by molar-refractivity contribution is 0.604. The van der Waals surface area contributed by atoms with Gasteiger partial charge < -0.3 is 11.1 Å². The molecule has 0 aliphatic heterocycles. The van der Waals surface area contributed by atoms with E-state index in [9.17, 15) is 8.42 Å². The molecule has 1 heterocycles. The summed E-state index contributed by atoms with van der Waals surface area (Å²) in [4.78, 5) is 5.10. The predicted molar refractivity (Wildman–Crippen MR) is 108 cm³/mol. The highest BCUT2D eigenvalue weighted by atomic mass is 127. The normalized spacial score (nSPS) is 11.9. The monoisotopic (exact) mass is 465 g/mol. The van der Waals surface area contributed by atoms with Crippen molar-refractivity contribution in [1.29, 1.82) is 0 Å². The van der Waals surface area contributed by atoms with E-state index in [0.29, 0.717) is 16.7 Å². The van der Waals surface area contributed by atoms with E-state index < -0.39 is 9.84 Å². The molecule has 0 atom stereocenters. The van der Waals surface area contributed by atoms with Crippen molar-refractivity contribution in [2.45, 2.75) is 24.6 Å². The number of halogens is 1. The minimum atomic E-state index is -3.16. The Kier molecular flexibility index (Phi) is 7.02. The third kappa shape index (κ3) is 6.11. The average molecular weight is 465 g/mol. The number of nitrogens with two attached hydrogens (primary N) is 1. The fourth-order valence-corrected chi connectivity index (χ4v) is 3.94. The van der Waals surface area contributed by atoms with Crippen LogP contribution in [0.25, 0.3) is 0 Å². The number of aryl methyl sites for hydroxylation is 2. The van der Waals surface area contributed by atoms with E-state index in [1.54, 1.807) is 12.1 Å². The zero-order valence-corrected chi connectivity index (χ0v) is 17.1. The van der Waals surface area contributed by atoms with Gasteiger partial charge in [0.1, 0.15) is 4.21 Å². The van der Waals surface area contributed by atoms with E-state index >= 15 is 0 Å². The first-order chi connectivity index (χ1) is 10.2. The number of rotatable bonds is 4. The number of benzene rings is 1. The molecule has 0 spiro atoms. The van der Waals surface area contributed by atoms with Crippen LogP contribution in [0.5, 0.6) is 0 Å². The highest BCUT2D eigenvalue weighted by Crippen LogP contribution is 2.22. The van der Waals surface area contributed by atoms with Gasteiger partial charge in [0.25, 0.3) is 0 Å². The third-order valence-corrected chi connectivity index (χ3v) is 5.79. The van der Waals surface area contributed by atoms with Crippen LogP contribution in [-0.2, 0) is 16.4 Å². The maximum atomic E-state index is 11.4. The first-order valence-electron chi connectivity index (χ1n) is 6.68. The first-order valence-corrected chi connectivity index (χ1v) is 9.39. The van der Waals surface area contributed by atoms with Crippen molar-refractivity contribution in [2.75, 3.05) is 11.6 Å². The van der Waals surface area contributed by atoms with E-state index in [4.69, 9.17) is 5.73 Å². The Morgan fingerprint density at radius 2 is 1.83 bits per heavy atom. The number of sulfone groups is 1. The van der Waals surface area contributed by atoms with Gasteiger partial charge in [-0.15, -0.1) is 35.3 Å². The summed E-state index contributed by atoms with van der Waals surface area (Å²) in [6.07, 6.45) is 1.20. The molecule has 0 saturated heterocycles. The van der Waals surface area contributed by atoms with E-state index in [1.165, 1.54) is 17.6 Å². The van der Waals surface area contributed by atoms with Gasteiger partial charge in [-0.05, 0) is 49.2 Å². The lowest BCUT2D eigenvalue weighted by Gasteiger charge is -2.07. The van der Waals surface area contributed by atoms with Gasteiger partial charge in [0.2, 0.25) is 0 Å². The molecule has 5 nitrogen and oxygen atoms in total. The number of hydrogen-bond acceptors (Lipinski definition) is 4. The lowest BCUT2D eigenvalue weighted by atomic mass is 10.1. The number of thiophene rings is 1. The zero-order chi connectivity index (χ0) is 16.3. The van der Waals surface area contributed by atoms with E-state index in [0.717, 1.165) is 21.7 Å². The maximum Gasteiger partial charge on any atom is 0.193 e. The first kappa shape index (κ1) is 19.9. The van der Waals surface area contributed by atoms with Crippen LogP contribution in [0.4, 0.5) is 5.69 Å². The number of anilines is 1. The number of guanidine groups is 1. The topological polar surface area (TPSA) is 84.5 Å². The fraction of sp³-hybridized carbons (Fsp3) is 0.267. The van der Waals surface area contributed by atoms with Crippen LogP contribution in [0.3, 0.4) is 0 Å². The van der Waals surface area contributed by atoms with Gasteiger partial charge in [0, 0.05) is 16.8 Å². The van der Waals surface area contributed by atoms with Crippen molar-refractivity contribution in [2.24, 2.45) is 10.7 Å². The van der Waals surface area contributed by atoms with Gasteiger partial charge in [-0.25, -0.2) is 13.4 Å². The van der Waals surface area contributed by atoms with Crippen molar-refractivity contribution in [3.05, 3.63) is 46.3 Å². The Balaban J connectivity index is 0.00000264. The quantitative estimate of drug-likeness (QED) is 0.412. The van der Waals surface area contributed by atoms with E-state index in [1.807, 2.05) is 26.0 Å². The Hall–Kier alpha value is -1.13. The molecule has 3 N–H and O–H groups in total. The summed E-state index contributed by atoms with van der Waals surface area (Å²) in [5.74, 6) is 0.305. The molecule has 0 unspecified atom stereocenters. The Bertz CT molecular complexity index is 794. The summed E-state index contributed by atoms with van der Waals surface area (Å²) in [6, 6.07) is 9.41. The van der Waals surface area contributed by atoms with Gasteiger partial charge >= 0.3 is 0 Å². The smallest absolute Gasteiger partial charge is 0.193 e. The summed E-state index contributed by atoms with van der Waals surface area (Å²) < 4.78 is 23.2. The summed E-state index contributed by atoms with van der Waals surface area (Å²) in [7, 11) is -3.16. The number of hydrogen-bond donors (Lipinski definition) is 2. The predicted octanol–water partition coefficient (Wildman–Crippen LogP) is 3.31. The molecule has 0 bridgehead atoms. The average Bonchev–Trinajstić information content (AvgIpc) is 2.83. The molecule has 0 aliphatic rings. The van der Waals surface area contributed by atoms with Crippen LogP contribution < -0.4 is 11.1 Å². The highest BCUT2D eigenvalue weighted by Gasteiger charge is 2.10.